The number of carbonyl (C=O) groups excluding carboxylic acids is 1. The van der Waals surface area contributed by atoms with Crippen LogP contribution in [0.4, 0.5) is 0 Å². The highest BCUT2D eigenvalue weighted by molar-refractivity contribution is 5.95. The number of hydrogen-bond donors (Lipinski definition) is 2. The van der Waals surface area contributed by atoms with E-state index in [0.717, 1.165) is 11.3 Å². The maximum atomic E-state index is 12.6. The van der Waals surface area contributed by atoms with Gasteiger partial charge < -0.3 is 20.4 Å². The Morgan fingerprint density at radius 2 is 1.58 bits per heavy atom. The first-order valence-corrected chi connectivity index (χ1v) is 10.6. The van der Waals surface area contributed by atoms with Gasteiger partial charge in [-0.05, 0) is 48.4 Å². The molecule has 3 N–H and O–H groups in total. The van der Waals surface area contributed by atoms with Gasteiger partial charge in [-0.25, -0.2) is 14.5 Å². The molecule has 0 radical (unpaired) electrons. The molecule has 168 valence electrons. The maximum absolute atomic E-state index is 12.6. The van der Waals surface area contributed by atoms with E-state index in [4.69, 9.17) is 20.3 Å². The molecule has 4 aromatic rings. The van der Waals surface area contributed by atoms with Crippen LogP contribution in [0.15, 0.2) is 84.9 Å². The van der Waals surface area contributed by atoms with E-state index in [0.29, 0.717) is 29.3 Å². The molecule has 4 rings (SSSR count). The first kappa shape index (κ1) is 22.1. The lowest BCUT2D eigenvalue weighted by atomic mass is 9.95. The van der Waals surface area contributed by atoms with Crippen LogP contribution in [0.25, 0.3) is 11.3 Å². The second-order valence-electron chi connectivity index (χ2n) is 7.44. The first-order valence-electron chi connectivity index (χ1n) is 10.6. The number of ether oxygens (including phenoxy) is 2. The summed E-state index contributed by atoms with van der Waals surface area (Å²) in [6.07, 6.45) is 0.405. The fourth-order valence-electron chi connectivity index (χ4n) is 3.75. The number of nitrogen functional groups attached to an aromatic ring is 1. The molecule has 1 heterocycles. The summed E-state index contributed by atoms with van der Waals surface area (Å²) in [4.78, 5) is 17.4. The number of nitrogens with zero attached hydrogens (tertiary/aromatic N) is 2. The first-order chi connectivity index (χ1) is 16.1. The van der Waals surface area contributed by atoms with E-state index in [-0.39, 0.29) is 18.2 Å². The quantitative estimate of drug-likeness (QED) is 0.310. The van der Waals surface area contributed by atoms with Crippen molar-refractivity contribution in [2.24, 2.45) is 0 Å². The van der Waals surface area contributed by atoms with Crippen molar-refractivity contribution in [2.75, 3.05) is 19.6 Å². The number of para-hydroxylation sites is 1. The minimum Gasteiger partial charge on any atom is -0.464 e. The summed E-state index contributed by atoms with van der Waals surface area (Å²) in [6.45, 7) is -0.0547. The van der Waals surface area contributed by atoms with Crippen molar-refractivity contribution < 1.29 is 19.4 Å². The number of imidazole rings is 1. The van der Waals surface area contributed by atoms with E-state index in [9.17, 15) is 9.90 Å². The van der Waals surface area contributed by atoms with Crippen LogP contribution in [0.5, 0.6) is 11.5 Å². The molecule has 0 amide bonds. The minimum atomic E-state index is -0.591. The lowest BCUT2D eigenvalue weighted by Gasteiger charge is -2.16. The molecular formula is C26H25N3O4. The molecule has 7 heteroatoms. The van der Waals surface area contributed by atoms with Crippen molar-refractivity contribution in [1.82, 2.24) is 9.66 Å². The summed E-state index contributed by atoms with van der Waals surface area (Å²) in [5, 5.41) is 9.67. The third-order valence-corrected chi connectivity index (χ3v) is 5.36. The Hall–Kier alpha value is -4.10. The lowest BCUT2D eigenvalue weighted by molar-refractivity contribution is 0.0591. The number of esters is 1. The Kier molecular flexibility index (Phi) is 6.71. The van der Waals surface area contributed by atoms with Crippen molar-refractivity contribution in [1.29, 1.82) is 0 Å². The van der Waals surface area contributed by atoms with Crippen LogP contribution in [0.3, 0.4) is 0 Å². The highest BCUT2D eigenvalue weighted by Gasteiger charge is 2.28. The van der Waals surface area contributed by atoms with Gasteiger partial charge in [-0.1, -0.05) is 48.5 Å². The molecule has 1 unspecified atom stereocenters. The minimum absolute atomic E-state index is 0.0547. The van der Waals surface area contributed by atoms with Gasteiger partial charge in [0, 0.05) is 18.1 Å². The number of benzene rings is 3. The normalized spacial score (nSPS) is 11.7. The zero-order valence-electron chi connectivity index (χ0n) is 18.2. The molecule has 0 aliphatic heterocycles. The highest BCUT2D eigenvalue weighted by atomic mass is 16.5. The zero-order chi connectivity index (χ0) is 23.2. The number of methoxy groups -OCH3 is 1. The lowest BCUT2D eigenvalue weighted by Crippen LogP contribution is -2.22. The van der Waals surface area contributed by atoms with Gasteiger partial charge in [-0.15, -0.1) is 0 Å². The molecule has 33 heavy (non-hydrogen) atoms. The van der Waals surface area contributed by atoms with Crippen molar-refractivity contribution in [3.63, 3.8) is 0 Å². The fraction of sp³-hybridized carbons (Fsp3) is 0.154. The third kappa shape index (κ3) is 4.73. The van der Waals surface area contributed by atoms with Gasteiger partial charge in [0.05, 0.1) is 7.11 Å². The number of aliphatic hydroxyl groups excluding tert-OH is 1. The van der Waals surface area contributed by atoms with Gasteiger partial charge >= 0.3 is 5.97 Å². The number of nitrogens with two attached hydrogens (primary N) is 1. The summed E-state index contributed by atoms with van der Waals surface area (Å²) in [7, 11) is 1.30. The van der Waals surface area contributed by atoms with Crippen molar-refractivity contribution in [2.45, 2.75) is 12.3 Å². The van der Waals surface area contributed by atoms with E-state index in [1.54, 1.807) is 12.1 Å². The third-order valence-electron chi connectivity index (χ3n) is 5.36. The van der Waals surface area contributed by atoms with E-state index in [1.165, 1.54) is 11.8 Å². The molecule has 7 nitrogen and oxygen atoms in total. The summed E-state index contributed by atoms with van der Waals surface area (Å²) in [6, 6.07) is 26.4. The van der Waals surface area contributed by atoms with Gasteiger partial charge in [0.15, 0.2) is 5.69 Å². The van der Waals surface area contributed by atoms with Crippen molar-refractivity contribution in [3.8, 4) is 22.8 Å². The van der Waals surface area contributed by atoms with E-state index in [2.05, 4.69) is 0 Å². The van der Waals surface area contributed by atoms with E-state index in [1.807, 2.05) is 72.8 Å². The Balaban J connectivity index is 1.74. The number of aromatic nitrogens is 2. The molecule has 0 saturated carbocycles. The molecule has 0 bridgehead atoms. The molecule has 0 aliphatic carbocycles. The van der Waals surface area contributed by atoms with E-state index < -0.39 is 5.97 Å². The van der Waals surface area contributed by atoms with Crippen LogP contribution < -0.4 is 10.6 Å². The average molecular weight is 444 g/mol. The Labute approximate surface area is 192 Å². The standard InChI is InChI=1S/C26H25N3O4/c1-32-26(31)24-23(19-12-14-21(15-13-19)33-20-10-6-3-7-11-20)28-25(29(24)27)22(16-17-30)18-8-4-2-5-9-18/h2-15,22,30H,16-17,27H2,1H3. The van der Waals surface area contributed by atoms with Gasteiger partial charge in [-0.3, -0.25) is 0 Å². The number of aliphatic hydroxyl groups is 1. The predicted octanol–water partition coefficient (Wildman–Crippen LogP) is 4.36. The molecular weight excluding hydrogens is 418 g/mol. The molecule has 1 aromatic heterocycles. The molecule has 0 spiro atoms. The van der Waals surface area contributed by atoms with Gasteiger partial charge in [0.25, 0.3) is 0 Å². The Morgan fingerprint density at radius 1 is 0.970 bits per heavy atom. The summed E-state index contributed by atoms with van der Waals surface area (Å²) < 4.78 is 12.1. The topological polar surface area (TPSA) is 99.6 Å². The maximum Gasteiger partial charge on any atom is 0.358 e. The average Bonchev–Trinajstić information content (AvgIpc) is 3.20. The van der Waals surface area contributed by atoms with Gasteiger partial charge in [-0.2, -0.15) is 0 Å². The molecule has 0 saturated heterocycles. The summed E-state index contributed by atoms with van der Waals surface area (Å²) in [5.41, 5.74) is 2.18. The summed E-state index contributed by atoms with van der Waals surface area (Å²) in [5.74, 6) is 7.33. The fourth-order valence-corrected chi connectivity index (χ4v) is 3.75. The zero-order valence-corrected chi connectivity index (χ0v) is 18.2. The Bertz CT molecular complexity index is 1210. The van der Waals surface area contributed by atoms with Crippen LogP contribution in [0.2, 0.25) is 0 Å². The monoisotopic (exact) mass is 443 g/mol. The van der Waals surface area contributed by atoms with Gasteiger partial charge in [0.2, 0.25) is 0 Å². The highest BCUT2D eigenvalue weighted by Crippen LogP contribution is 2.33. The number of carbonyl (C=O) groups is 1. The van der Waals surface area contributed by atoms with Crippen LogP contribution >= 0.6 is 0 Å². The van der Waals surface area contributed by atoms with Crippen LogP contribution in [0.1, 0.15) is 34.2 Å². The van der Waals surface area contributed by atoms with Crippen molar-refractivity contribution in [3.05, 3.63) is 102 Å². The second kappa shape index (κ2) is 10.0. The number of hydrogen-bond acceptors (Lipinski definition) is 6. The Morgan fingerprint density at radius 3 is 2.18 bits per heavy atom. The van der Waals surface area contributed by atoms with Crippen molar-refractivity contribution >= 4 is 5.97 Å². The van der Waals surface area contributed by atoms with Crippen LogP contribution in [-0.4, -0.2) is 34.5 Å². The van der Waals surface area contributed by atoms with Gasteiger partial charge in [0.1, 0.15) is 23.0 Å². The SMILES string of the molecule is COC(=O)c1c(-c2ccc(Oc3ccccc3)cc2)nc(C(CCO)c2ccccc2)n1N. The molecule has 3 aromatic carbocycles. The second-order valence-corrected chi connectivity index (χ2v) is 7.44. The largest absolute Gasteiger partial charge is 0.464 e. The predicted molar refractivity (Wildman–Crippen MR) is 126 cm³/mol. The number of rotatable bonds is 8. The smallest absolute Gasteiger partial charge is 0.358 e. The van der Waals surface area contributed by atoms with E-state index >= 15 is 0 Å². The molecule has 0 fully saturated rings. The van der Waals surface area contributed by atoms with Crippen LogP contribution in [0, 0.1) is 0 Å². The molecule has 1 atom stereocenters. The van der Waals surface area contributed by atoms with Crippen LogP contribution in [-0.2, 0) is 4.74 Å². The summed E-state index contributed by atoms with van der Waals surface area (Å²) >= 11 is 0. The molecule has 0 aliphatic rings.